The second kappa shape index (κ2) is 7.26. The van der Waals surface area contributed by atoms with Gasteiger partial charge in [-0.15, -0.1) is 0 Å². The van der Waals surface area contributed by atoms with Crippen molar-refractivity contribution in [3.63, 3.8) is 0 Å². The summed E-state index contributed by atoms with van der Waals surface area (Å²) in [6.45, 7) is 0.959. The number of benzene rings is 1. The first-order valence-electron chi connectivity index (χ1n) is 7.32. The molecule has 1 saturated heterocycles. The molecule has 2 rings (SSSR count). The SMILES string of the molecule is COc1ccccc1[C@H](OC)C(=O)N1CCC[C@H](C(N)=O)C1. The Hall–Kier alpha value is -2.08. The van der Waals surface area contributed by atoms with Crippen molar-refractivity contribution in [3.8, 4) is 5.75 Å². The van der Waals surface area contributed by atoms with Crippen molar-refractivity contribution in [1.82, 2.24) is 4.90 Å². The predicted molar refractivity (Wildman–Crippen MR) is 81.2 cm³/mol. The van der Waals surface area contributed by atoms with Gasteiger partial charge in [-0.3, -0.25) is 9.59 Å². The number of nitrogens with two attached hydrogens (primary N) is 1. The van der Waals surface area contributed by atoms with Crippen LogP contribution in [0.1, 0.15) is 24.5 Å². The average molecular weight is 306 g/mol. The van der Waals surface area contributed by atoms with Gasteiger partial charge in [-0.25, -0.2) is 0 Å². The molecule has 0 aromatic heterocycles. The molecule has 0 aliphatic carbocycles. The number of hydrogen-bond donors (Lipinski definition) is 1. The van der Waals surface area contributed by atoms with Gasteiger partial charge in [-0.2, -0.15) is 0 Å². The summed E-state index contributed by atoms with van der Waals surface area (Å²) in [6, 6.07) is 7.26. The van der Waals surface area contributed by atoms with E-state index in [2.05, 4.69) is 0 Å². The van der Waals surface area contributed by atoms with Crippen LogP contribution < -0.4 is 10.5 Å². The molecule has 22 heavy (non-hydrogen) atoms. The minimum atomic E-state index is -0.747. The Kier molecular flexibility index (Phi) is 5.38. The van der Waals surface area contributed by atoms with Crippen LogP contribution in [0.5, 0.6) is 5.75 Å². The van der Waals surface area contributed by atoms with Crippen LogP contribution in [0.3, 0.4) is 0 Å². The molecule has 6 heteroatoms. The van der Waals surface area contributed by atoms with Gasteiger partial charge in [0.25, 0.3) is 5.91 Å². The van der Waals surface area contributed by atoms with Crippen molar-refractivity contribution in [1.29, 1.82) is 0 Å². The maximum absolute atomic E-state index is 12.8. The minimum Gasteiger partial charge on any atom is -0.496 e. The Balaban J connectivity index is 2.20. The summed E-state index contributed by atoms with van der Waals surface area (Å²) in [7, 11) is 3.05. The van der Waals surface area contributed by atoms with Crippen molar-refractivity contribution < 1.29 is 19.1 Å². The fourth-order valence-electron chi connectivity index (χ4n) is 2.82. The topological polar surface area (TPSA) is 81.9 Å². The molecule has 0 saturated carbocycles. The summed E-state index contributed by atoms with van der Waals surface area (Å²) in [5.74, 6) is -0.208. The summed E-state index contributed by atoms with van der Waals surface area (Å²) in [5.41, 5.74) is 6.05. The van der Waals surface area contributed by atoms with Gasteiger partial charge in [0, 0.05) is 25.8 Å². The van der Waals surface area contributed by atoms with E-state index in [0.717, 1.165) is 12.8 Å². The van der Waals surface area contributed by atoms with Crippen molar-refractivity contribution >= 4 is 11.8 Å². The Morgan fingerprint density at radius 1 is 1.32 bits per heavy atom. The van der Waals surface area contributed by atoms with Gasteiger partial charge < -0.3 is 20.1 Å². The average Bonchev–Trinajstić information content (AvgIpc) is 2.56. The second-order valence-electron chi connectivity index (χ2n) is 5.38. The number of carbonyl (C=O) groups excluding carboxylic acids is 2. The maximum Gasteiger partial charge on any atom is 0.256 e. The zero-order valence-electron chi connectivity index (χ0n) is 13.0. The molecule has 1 fully saturated rings. The number of methoxy groups -OCH3 is 2. The third-order valence-electron chi connectivity index (χ3n) is 4.02. The molecular weight excluding hydrogens is 284 g/mol. The van der Waals surface area contributed by atoms with Gasteiger partial charge in [-0.1, -0.05) is 18.2 Å². The van der Waals surface area contributed by atoms with Gasteiger partial charge in [0.1, 0.15) is 5.75 Å². The lowest BCUT2D eigenvalue weighted by Crippen LogP contribution is -2.46. The van der Waals surface area contributed by atoms with E-state index in [1.165, 1.54) is 7.11 Å². The first-order valence-corrected chi connectivity index (χ1v) is 7.32. The molecule has 1 heterocycles. The van der Waals surface area contributed by atoms with Crippen LogP contribution in [0.25, 0.3) is 0 Å². The highest BCUT2D eigenvalue weighted by molar-refractivity contribution is 5.84. The van der Waals surface area contributed by atoms with Crippen molar-refractivity contribution in [2.24, 2.45) is 11.7 Å². The second-order valence-corrected chi connectivity index (χ2v) is 5.38. The van der Waals surface area contributed by atoms with Crippen molar-refractivity contribution in [3.05, 3.63) is 29.8 Å². The van der Waals surface area contributed by atoms with Crippen LogP contribution in [0.2, 0.25) is 0 Å². The quantitative estimate of drug-likeness (QED) is 0.883. The molecule has 0 bridgehead atoms. The normalized spacial score (nSPS) is 19.5. The van der Waals surface area contributed by atoms with E-state index >= 15 is 0 Å². The highest BCUT2D eigenvalue weighted by atomic mass is 16.5. The number of ether oxygens (including phenoxy) is 2. The zero-order chi connectivity index (χ0) is 16.1. The monoisotopic (exact) mass is 306 g/mol. The van der Waals surface area contributed by atoms with Crippen LogP contribution in [-0.4, -0.2) is 44.0 Å². The molecule has 120 valence electrons. The van der Waals surface area contributed by atoms with Crippen LogP contribution in [0.15, 0.2) is 24.3 Å². The number of para-hydroxylation sites is 1. The number of carbonyl (C=O) groups is 2. The molecule has 1 aliphatic rings. The Bertz CT molecular complexity index is 547. The van der Waals surface area contributed by atoms with E-state index in [1.54, 1.807) is 24.1 Å². The van der Waals surface area contributed by atoms with E-state index in [1.807, 2.05) is 12.1 Å². The van der Waals surface area contributed by atoms with E-state index in [4.69, 9.17) is 15.2 Å². The van der Waals surface area contributed by atoms with Gasteiger partial charge in [0.05, 0.1) is 13.0 Å². The molecule has 0 spiro atoms. The summed E-state index contributed by atoms with van der Waals surface area (Å²) in [5, 5.41) is 0. The molecule has 0 unspecified atom stereocenters. The Morgan fingerprint density at radius 2 is 2.05 bits per heavy atom. The molecule has 1 aromatic carbocycles. The number of amides is 2. The molecular formula is C16H22N2O4. The fraction of sp³-hybridized carbons (Fsp3) is 0.500. The number of piperidine rings is 1. The van der Waals surface area contributed by atoms with Gasteiger partial charge in [0.15, 0.2) is 6.10 Å². The fourth-order valence-corrected chi connectivity index (χ4v) is 2.82. The van der Waals surface area contributed by atoms with Gasteiger partial charge in [-0.05, 0) is 18.9 Å². The highest BCUT2D eigenvalue weighted by Crippen LogP contribution is 2.30. The number of likely N-dealkylation sites (tertiary alicyclic amines) is 1. The third kappa shape index (κ3) is 3.39. The van der Waals surface area contributed by atoms with Crippen LogP contribution in [0.4, 0.5) is 0 Å². The largest absolute Gasteiger partial charge is 0.496 e. The molecule has 6 nitrogen and oxygen atoms in total. The summed E-state index contributed by atoms with van der Waals surface area (Å²) < 4.78 is 10.7. The lowest BCUT2D eigenvalue weighted by atomic mass is 9.96. The van der Waals surface area contributed by atoms with E-state index in [-0.39, 0.29) is 17.7 Å². The van der Waals surface area contributed by atoms with Crippen LogP contribution >= 0.6 is 0 Å². The summed E-state index contributed by atoms with van der Waals surface area (Å²) in [6.07, 6.45) is 0.746. The summed E-state index contributed by atoms with van der Waals surface area (Å²) in [4.78, 5) is 25.8. The standard InChI is InChI=1S/C16H22N2O4/c1-21-13-8-4-3-7-12(13)14(22-2)16(20)18-9-5-6-11(10-18)15(17)19/h3-4,7-8,11,14H,5-6,9-10H2,1-2H3,(H2,17,19)/t11-,14-/m0/s1. The Labute approximate surface area is 130 Å². The minimum absolute atomic E-state index is 0.169. The van der Waals surface area contributed by atoms with E-state index in [0.29, 0.717) is 24.4 Å². The molecule has 1 aliphatic heterocycles. The van der Waals surface area contributed by atoms with Crippen molar-refractivity contribution in [2.75, 3.05) is 27.3 Å². The van der Waals surface area contributed by atoms with Crippen molar-refractivity contribution in [2.45, 2.75) is 18.9 Å². The van der Waals surface area contributed by atoms with E-state index < -0.39 is 6.10 Å². The lowest BCUT2D eigenvalue weighted by molar-refractivity contribution is -0.145. The summed E-state index contributed by atoms with van der Waals surface area (Å²) >= 11 is 0. The molecule has 0 radical (unpaired) electrons. The van der Waals surface area contributed by atoms with Crippen LogP contribution in [0, 0.1) is 5.92 Å². The maximum atomic E-state index is 12.8. The third-order valence-corrected chi connectivity index (χ3v) is 4.02. The molecule has 2 N–H and O–H groups in total. The van der Waals surface area contributed by atoms with E-state index in [9.17, 15) is 9.59 Å². The first kappa shape index (κ1) is 16.3. The molecule has 2 amide bonds. The molecule has 1 aromatic rings. The first-order chi connectivity index (χ1) is 10.6. The lowest BCUT2D eigenvalue weighted by Gasteiger charge is -2.33. The zero-order valence-corrected chi connectivity index (χ0v) is 13.0. The highest BCUT2D eigenvalue weighted by Gasteiger charge is 2.32. The predicted octanol–water partition coefficient (Wildman–Crippen LogP) is 1.11. The van der Waals surface area contributed by atoms with Gasteiger partial charge >= 0.3 is 0 Å². The number of rotatable bonds is 5. The number of primary amides is 1. The van der Waals surface area contributed by atoms with Gasteiger partial charge in [0.2, 0.25) is 5.91 Å². The smallest absolute Gasteiger partial charge is 0.256 e. The molecule has 2 atom stereocenters. The van der Waals surface area contributed by atoms with Crippen LogP contribution in [-0.2, 0) is 14.3 Å². The Morgan fingerprint density at radius 3 is 2.68 bits per heavy atom. The number of nitrogens with zero attached hydrogens (tertiary/aromatic N) is 1. The number of hydrogen-bond acceptors (Lipinski definition) is 4.